The Labute approximate surface area is 185 Å². The van der Waals surface area contributed by atoms with Crippen molar-refractivity contribution in [1.82, 2.24) is 5.32 Å². The van der Waals surface area contributed by atoms with Gasteiger partial charge in [0.15, 0.2) is 0 Å². The zero-order valence-electron chi connectivity index (χ0n) is 16.6. The topological polar surface area (TPSA) is 73.1 Å². The number of nitrogens with one attached hydrogen (secondary N) is 1. The lowest BCUT2D eigenvalue weighted by atomic mass is 10.1. The lowest BCUT2D eigenvalue weighted by molar-refractivity contribution is -0.274. The van der Waals surface area contributed by atoms with Crippen LogP contribution in [0.5, 0.6) is 5.75 Å². The number of benzene rings is 2. The van der Waals surface area contributed by atoms with E-state index in [0.717, 1.165) is 25.0 Å². The summed E-state index contributed by atoms with van der Waals surface area (Å²) in [5, 5.41) is 3.90. The monoisotopic (exact) mass is 466 g/mol. The highest BCUT2D eigenvalue weighted by Crippen LogP contribution is 2.25. The second-order valence-electron chi connectivity index (χ2n) is 7.15. The number of amides is 1. The van der Waals surface area contributed by atoms with Crippen LogP contribution >= 0.6 is 11.6 Å². The molecule has 10 heteroatoms. The predicted octanol–water partition coefficient (Wildman–Crippen LogP) is 5.13. The molecule has 1 aromatic heterocycles. The van der Waals surface area contributed by atoms with Gasteiger partial charge in [-0.15, -0.1) is 13.2 Å². The van der Waals surface area contributed by atoms with Crippen molar-refractivity contribution in [3.63, 3.8) is 0 Å². The number of ether oxygens (including phenoxy) is 2. The van der Waals surface area contributed by atoms with Crippen LogP contribution in [0.25, 0.3) is 11.0 Å². The first kappa shape index (κ1) is 22.2. The maximum absolute atomic E-state index is 12.9. The predicted molar refractivity (Wildman–Crippen MR) is 111 cm³/mol. The molecule has 2 aromatic carbocycles. The number of hydrogen-bond acceptors (Lipinski definition) is 5. The molecule has 4 rings (SSSR count). The lowest BCUT2D eigenvalue weighted by Crippen LogP contribution is -2.34. The summed E-state index contributed by atoms with van der Waals surface area (Å²) < 4.78 is 52.3. The highest BCUT2D eigenvalue weighted by molar-refractivity contribution is 6.31. The van der Waals surface area contributed by atoms with Crippen molar-refractivity contribution >= 4 is 34.2 Å². The molecule has 2 heterocycles. The largest absolute Gasteiger partial charge is 0.573 e. The Balaban J connectivity index is 1.68. The van der Waals surface area contributed by atoms with Crippen LogP contribution in [-0.2, 0) is 4.74 Å². The zero-order chi connectivity index (χ0) is 22.7. The molecule has 1 aliphatic heterocycles. The fourth-order valence-electron chi connectivity index (χ4n) is 3.29. The van der Waals surface area contributed by atoms with Crippen molar-refractivity contribution in [2.75, 3.05) is 13.2 Å². The number of carbonyl (C=O) groups is 1. The van der Waals surface area contributed by atoms with Crippen molar-refractivity contribution in [1.29, 1.82) is 0 Å². The smallest absolute Gasteiger partial charge is 0.438 e. The third-order valence-corrected chi connectivity index (χ3v) is 5.00. The van der Waals surface area contributed by atoms with Gasteiger partial charge in [0.05, 0.1) is 11.8 Å². The molecule has 1 atom stereocenters. The average Bonchev–Trinajstić information content (AvgIpc) is 3.26. The number of alkyl halides is 3. The van der Waals surface area contributed by atoms with E-state index in [1.54, 1.807) is 24.3 Å². The van der Waals surface area contributed by atoms with Gasteiger partial charge in [-0.2, -0.15) is 0 Å². The van der Waals surface area contributed by atoms with Crippen LogP contribution in [0, 0.1) is 0 Å². The van der Waals surface area contributed by atoms with E-state index in [2.05, 4.69) is 15.0 Å². The number of rotatable bonds is 5. The summed E-state index contributed by atoms with van der Waals surface area (Å²) in [4.78, 5) is 17.2. The second kappa shape index (κ2) is 9.22. The molecule has 0 saturated carbocycles. The van der Waals surface area contributed by atoms with Crippen molar-refractivity contribution in [2.45, 2.75) is 25.3 Å². The van der Waals surface area contributed by atoms with Gasteiger partial charge < -0.3 is 19.2 Å². The zero-order valence-corrected chi connectivity index (χ0v) is 17.4. The number of hydrogen-bond donors (Lipinski definition) is 1. The van der Waals surface area contributed by atoms with Crippen LogP contribution in [0.3, 0.4) is 0 Å². The Morgan fingerprint density at radius 3 is 2.66 bits per heavy atom. The Kier molecular flexibility index (Phi) is 6.38. The van der Waals surface area contributed by atoms with Gasteiger partial charge in [-0.1, -0.05) is 11.6 Å². The molecule has 0 bridgehead atoms. The highest BCUT2D eigenvalue weighted by atomic mass is 35.5. The molecule has 168 valence electrons. The lowest BCUT2D eigenvalue weighted by Gasteiger charge is -2.11. The number of nitrogens with zero attached hydrogens (tertiary/aromatic N) is 1. The highest BCUT2D eigenvalue weighted by Gasteiger charge is 2.31. The van der Waals surface area contributed by atoms with E-state index in [0.29, 0.717) is 29.1 Å². The molecular formula is C22H18ClF3N2O4. The molecule has 32 heavy (non-hydrogen) atoms. The standard InChI is InChI=1S/C22H18ClF3N2O4/c23-14-3-8-19-13(10-14)11-18(20(29)27-12-17-2-1-9-30-17)21(31-19)28-15-4-6-16(7-5-15)32-22(24,25)26/h3-8,10-11,17H,1-2,9,12H2,(H,27,29). The van der Waals surface area contributed by atoms with Crippen molar-refractivity contribution < 1.29 is 31.9 Å². The van der Waals surface area contributed by atoms with E-state index in [-0.39, 0.29) is 28.7 Å². The van der Waals surface area contributed by atoms with Crippen LogP contribution < -0.4 is 15.6 Å². The van der Waals surface area contributed by atoms with Crippen LogP contribution in [0.1, 0.15) is 23.2 Å². The molecule has 1 amide bonds. The summed E-state index contributed by atoms with van der Waals surface area (Å²) in [6.45, 7) is 1.01. The summed E-state index contributed by atoms with van der Waals surface area (Å²) in [5.41, 5.74) is 0.896. The first-order valence-corrected chi connectivity index (χ1v) is 10.2. The van der Waals surface area contributed by atoms with Crippen LogP contribution in [0.2, 0.25) is 5.02 Å². The fraction of sp³-hybridized carbons (Fsp3) is 0.273. The van der Waals surface area contributed by atoms with Gasteiger partial charge in [0, 0.05) is 23.6 Å². The minimum atomic E-state index is -4.79. The maximum Gasteiger partial charge on any atom is 0.573 e. The quantitative estimate of drug-likeness (QED) is 0.566. The molecule has 1 N–H and O–H groups in total. The molecular weight excluding hydrogens is 449 g/mol. The summed E-state index contributed by atoms with van der Waals surface area (Å²) in [5.74, 6) is -0.794. The first-order valence-electron chi connectivity index (χ1n) is 9.80. The minimum absolute atomic E-state index is 0.00847. The summed E-state index contributed by atoms with van der Waals surface area (Å²) in [7, 11) is 0. The average molecular weight is 467 g/mol. The maximum atomic E-state index is 12.9. The summed E-state index contributed by atoms with van der Waals surface area (Å²) in [6, 6.07) is 11.5. The Hall–Kier alpha value is -3.04. The van der Waals surface area contributed by atoms with E-state index >= 15 is 0 Å². The summed E-state index contributed by atoms with van der Waals surface area (Å²) in [6.07, 6.45) is -3.03. The Bertz CT molecular complexity index is 1190. The van der Waals surface area contributed by atoms with Gasteiger partial charge in [0.25, 0.3) is 5.91 Å². The Morgan fingerprint density at radius 1 is 1.19 bits per heavy atom. The molecule has 1 fully saturated rings. The molecule has 6 nitrogen and oxygen atoms in total. The normalized spacial score (nSPS) is 17.0. The molecule has 1 unspecified atom stereocenters. The van der Waals surface area contributed by atoms with E-state index in [9.17, 15) is 18.0 Å². The molecule has 0 aliphatic carbocycles. The van der Waals surface area contributed by atoms with E-state index in [1.807, 2.05) is 0 Å². The number of fused-ring (bicyclic) bond motifs is 1. The third-order valence-electron chi connectivity index (χ3n) is 4.77. The minimum Gasteiger partial charge on any atom is -0.438 e. The third kappa shape index (κ3) is 5.60. The molecule has 1 saturated heterocycles. The van der Waals surface area contributed by atoms with Gasteiger partial charge in [-0.05, 0) is 61.4 Å². The van der Waals surface area contributed by atoms with Crippen LogP contribution in [-0.4, -0.2) is 31.5 Å². The SMILES string of the molecule is O=C(NCC1CCCO1)c1cc2cc(Cl)ccc2oc1=Nc1ccc(OC(F)(F)F)cc1. The molecule has 0 spiro atoms. The number of halogens is 4. The van der Waals surface area contributed by atoms with Crippen LogP contribution in [0.4, 0.5) is 18.9 Å². The molecule has 1 aliphatic rings. The van der Waals surface area contributed by atoms with Crippen molar-refractivity contribution in [3.05, 3.63) is 64.7 Å². The van der Waals surface area contributed by atoms with Gasteiger partial charge in [-0.3, -0.25) is 4.79 Å². The van der Waals surface area contributed by atoms with E-state index in [4.69, 9.17) is 20.8 Å². The van der Waals surface area contributed by atoms with Gasteiger partial charge >= 0.3 is 6.36 Å². The van der Waals surface area contributed by atoms with E-state index in [1.165, 1.54) is 12.1 Å². The van der Waals surface area contributed by atoms with Gasteiger partial charge in [0.1, 0.15) is 16.9 Å². The van der Waals surface area contributed by atoms with Gasteiger partial charge in [0.2, 0.25) is 5.55 Å². The molecule has 0 radical (unpaired) electrons. The van der Waals surface area contributed by atoms with Gasteiger partial charge in [-0.25, -0.2) is 4.99 Å². The number of carbonyl (C=O) groups excluding carboxylic acids is 1. The summed E-state index contributed by atoms with van der Waals surface area (Å²) >= 11 is 6.05. The van der Waals surface area contributed by atoms with Crippen molar-refractivity contribution in [2.24, 2.45) is 4.99 Å². The van der Waals surface area contributed by atoms with Crippen LogP contribution in [0.15, 0.2) is 57.9 Å². The first-order chi connectivity index (χ1) is 15.3. The fourth-order valence-corrected chi connectivity index (χ4v) is 3.47. The van der Waals surface area contributed by atoms with E-state index < -0.39 is 12.3 Å². The van der Waals surface area contributed by atoms with Crippen molar-refractivity contribution in [3.8, 4) is 5.75 Å². The second-order valence-corrected chi connectivity index (χ2v) is 7.58. The molecule has 3 aromatic rings. The Morgan fingerprint density at radius 2 is 1.97 bits per heavy atom.